The lowest BCUT2D eigenvalue weighted by Crippen LogP contribution is -2.55. The zero-order valence-corrected chi connectivity index (χ0v) is 12.7. The zero-order chi connectivity index (χ0) is 15.0. The molecule has 0 aliphatic carbocycles. The Morgan fingerprint density at radius 2 is 1.95 bits per heavy atom. The minimum absolute atomic E-state index is 0.147. The van der Waals surface area contributed by atoms with Crippen LogP contribution in [0.15, 0.2) is 30.3 Å². The summed E-state index contributed by atoms with van der Waals surface area (Å²) in [5, 5.41) is 3.33. The van der Waals surface area contributed by atoms with Crippen molar-refractivity contribution in [1.29, 1.82) is 0 Å². The van der Waals surface area contributed by atoms with E-state index in [1.165, 1.54) is 0 Å². The maximum Gasteiger partial charge on any atom is 0.242 e. The second-order valence-corrected chi connectivity index (χ2v) is 5.30. The maximum atomic E-state index is 12.1. The Labute approximate surface area is 121 Å². The first-order chi connectivity index (χ1) is 9.53. The van der Waals surface area contributed by atoms with Gasteiger partial charge in [-0.15, -0.1) is 0 Å². The number of nitrogens with one attached hydrogen (secondary N) is 1. The highest BCUT2D eigenvalue weighted by Crippen LogP contribution is 2.26. The van der Waals surface area contributed by atoms with Gasteiger partial charge in [0.15, 0.2) is 0 Å². The van der Waals surface area contributed by atoms with Crippen LogP contribution in [0.5, 0.6) is 0 Å². The van der Waals surface area contributed by atoms with Gasteiger partial charge < -0.3 is 10.5 Å². The maximum absolute atomic E-state index is 12.1. The summed E-state index contributed by atoms with van der Waals surface area (Å²) in [4.78, 5) is 12.1. The van der Waals surface area contributed by atoms with Gasteiger partial charge in [0.1, 0.15) is 5.54 Å². The molecule has 0 fully saturated rings. The lowest BCUT2D eigenvalue weighted by atomic mass is 9.85. The van der Waals surface area contributed by atoms with Gasteiger partial charge in [-0.25, -0.2) is 0 Å². The second kappa shape index (κ2) is 8.02. The molecule has 0 bridgehead atoms. The van der Waals surface area contributed by atoms with Crippen molar-refractivity contribution in [3.8, 4) is 0 Å². The van der Waals surface area contributed by atoms with E-state index < -0.39 is 5.54 Å². The summed E-state index contributed by atoms with van der Waals surface area (Å²) in [5.41, 5.74) is 5.73. The van der Waals surface area contributed by atoms with Crippen LogP contribution in [0.1, 0.15) is 39.2 Å². The van der Waals surface area contributed by atoms with Gasteiger partial charge in [0.2, 0.25) is 5.91 Å². The van der Waals surface area contributed by atoms with E-state index in [0.29, 0.717) is 19.6 Å². The molecular weight excluding hydrogens is 252 g/mol. The molecule has 0 spiro atoms. The quantitative estimate of drug-likeness (QED) is 0.681. The van der Waals surface area contributed by atoms with Crippen LogP contribution in [0, 0.1) is 0 Å². The molecule has 20 heavy (non-hydrogen) atoms. The van der Waals surface area contributed by atoms with Crippen molar-refractivity contribution < 1.29 is 9.53 Å². The molecule has 1 aromatic rings. The van der Waals surface area contributed by atoms with Gasteiger partial charge in [0, 0.05) is 25.7 Å². The fourth-order valence-corrected chi connectivity index (χ4v) is 2.32. The number of hydrogen-bond acceptors (Lipinski definition) is 3. The van der Waals surface area contributed by atoms with Crippen molar-refractivity contribution in [1.82, 2.24) is 5.32 Å². The molecule has 0 aliphatic heterocycles. The number of benzene rings is 1. The van der Waals surface area contributed by atoms with Gasteiger partial charge in [-0.1, -0.05) is 37.3 Å². The minimum atomic E-state index is -0.872. The van der Waals surface area contributed by atoms with Crippen LogP contribution in [0.3, 0.4) is 0 Å². The summed E-state index contributed by atoms with van der Waals surface area (Å²) in [6.07, 6.45) is 1.50. The molecule has 1 atom stereocenters. The van der Waals surface area contributed by atoms with Crippen LogP contribution in [0.2, 0.25) is 0 Å². The van der Waals surface area contributed by atoms with Gasteiger partial charge in [-0.05, 0) is 25.8 Å². The Bertz CT molecular complexity index is 406. The first kappa shape index (κ1) is 16.7. The summed E-state index contributed by atoms with van der Waals surface area (Å²) in [6, 6.07) is 9.77. The Kier molecular flexibility index (Phi) is 6.68. The van der Waals surface area contributed by atoms with E-state index in [2.05, 4.69) is 12.2 Å². The molecule has 0 heterocycles. The molecular formula is C16H26N2O2. The molecule has 1 unspecified atom stereocenters. The first-order valence-corrected chi connectivity index (χ1v) is 7.23. The monoisotopic (exact) mass is 278 g/mol. The van der Waals surface area contributed by atoms with E-state index >= 15 is 0 Å². The topological polar surface area (TPSA) is 64.3 Å². The number of carbonyl (C=O) groups excluding carboxylic acids is 1. The molecule has 3 N–H and O–H groups in total. The van der Waals surface area contributed by atoms with Gasteiger partial charge in [0.05, 0.1) is 0 Å². The Balaban J connectivity index is 2.99. The van der Waals surface area contributed by atoms with Crippen molar-refractivity contribution in [3.63, 3.8) is 0 Å². The van der Waals surface area contributed by atoms with E-state index in [4.69, 9.17) is 10.5 Å². The van der Waals surface area contributed by atoms with E-state index in [1.54, 1.807) is 0 Å². The molecule has 0 aliphatic rings. The average Bonchev–Trinajstić information content (AvgIpc) is 2.42. The Morgan fingerprint density at radius 3 is 2.45 bits per heavy atom. The number of ether oxygens (including phenoxy) is 1. The van der Waals surface area contributed by atoms with Crippen molar-refractivity contribution in [2.75, 3.05) is 13.2 Å². The molecule has 0 aromatic heterocycles. The van der Waals surface area contributed by atoms with Crippen molar-refractivity contribution in [2.24, 2.45) is 5.73 Å². The Morgan fingerprint density at radius 1 is 1.30 bits per heavy atom. The Hall–Kier alpha value is -1.39. The van der Waals surface area contributed by atoms with Gasteiger partial charge in [-0.2, -0.15) is 0 Å². The van der Waals surface area contributed by atoms with E-state index in [9.17, 15) is 4.79 Å². The normalized spacial score (nSPS) is 14.2. The molecule has 0 radical (unpaired) electrons. The van der Waals surface area contributed by atoms with Crippen LogP contribution in [-0.4, -0.2) is 25.2 Å². The molecule has 0 saturated carbocycles. The SMILES string of the molecule is CCCOCCC(NC(C)C)(C(N)=O)c1ccccc1. The van der Waals surface area contributed by atoms with E-state index in [0.717, 1.165) is 12.0 Å². The summed E-state index contributed by atoms with van der Waals surface area (Å²) < 4.78 is 5.54. The second-order valence-electron chi connectivity index (χ2n) is 5.30. The molecule has 112 valence electrons. The van der Waals surface area contributed by atoms with E-state index in [-0.39, 0.29) is 11.9 Å². The summed E-state index contributed by atoms with van der Waals surface area (Å²) in [7, 11) is 0. The number of hydrogen-bond donors (Lipinski definition) is 2. The molecule has 4 nitrogen and oxygen atoms in total. The van der Waals surface area contributed by atoms with Crippen molar-refractivity contribution in [2.45, 2.75) is 45.2 Å². The molecule has 1 amide bonds. The predicted molar refractivity (Wildman–Crippen MR) is 81.3 cm³/mol. The lowest BCUT2D eigenvalue weighted by molar-refractivity contribution is -0.126. The summed E-state index contributed by atoms with van der Waals surface area (Å²) in [5.74, 6) is -0.363. The number of amides is 1. The number of carbonyl (C=O) groups is 1. The van der Waals surface area contributed by atoms with Crippen LogP contribution >= 0.6 is 0 Å². The molecule has 4 heteroatoms. The van der Waals surface area contributed by atoms with Crippen LogP contribution in [0.25, 0.3) is 0 Å². The van der Waals surface area contributed by atoms with Crippen LogP contribution < -0.4 is 11.1 Å². The van der Waals surface area contributed by atoms with Crippen LogP contribution in [-0.2, 0) is 15.1 Å². The third-order valence-corrected chi connectivity index (χ3v) is 3.19. The average molecular weight is 278 g/mol. The highest BCUT2D eigenvalue weighted by Gasteiger charge is 2.38. The first-order valence-electron chi connectivity index (χ1n) is 7.23. The molecule has 1 aromatic carbocycles. The lowest BCUT2D eigenvalue weighted by Gasteiger charge is -2.34. The number of nitrogens with two attached hydrogens (primary N) is 1. The molecule has 1 rings (SSSR count). The van der Waals surface area contributed by atoms with Gasteiger partial charge in [-0.3, -0.25) is 10.1 Å². The zero-order valence-electron chi connectivity index (χ0n) is 12.7. The third-order valence-electron chi connectivity index (χ3n) is 3.19. The predicted octanol–water partition coefficient (Wildman–Crippen LogP) is 2.18. The van der Waals surface area contributed by atoms with Gasteiger partial charge in [0.25, 0.3) is 0 Å². The summed E-state index contributed by atoms with van der Waals surface area (Å²) >= 11 is 0. The standard InChI is InChI=1S/C16H26N2O2/c1-4-11-20-12-10-16(15(17)19,18-13(2)3)14-8-6-5-7-9-14/h5-9,13,18H,4,10-12H2,1-3H3,(H2,17,19). The van der Waals surface area contributed by atoms with Crippen molar-refractivity contribution in [3.05, 3.63) is 35.9 Å². The van der Waals surface area contributed by atoms with Gasteiger partial charge >= 0.3 is 0 Å². The van der Waals surface area contributed by atoms with Crippen molar-refractivity contribution >= 4 is 5.91 Å². The third kappa shape index (κ3) is 4.32. The number of primary amides is 1. The highest BCUT2D eigenvalue weighted by atomic mass is 16.5. The fraction of sp³-hybridized carbons (Fsp3) is 0.562. The van der Waals surface area contributed by atoms with Crippen LogP contribution in [0.4, 0.5) is 0 Å². The minimum Gasteiger partial charge on any atom is -0.381 e. The van der Waals surface area contributed by atoms with E-state index in [1.807, 2.05) is 44.2 Å². The highest BCUT2D eigenvalue weighted by molar-refractivity contribution is 5.86. The fourth-order valence-electron chi connectivity index (χ4n) is 2.32. The molecule has 0 saturated heterocycles. The summed E-state index contributed by atoms with van der Waals surface area (Å²) in [6.45, 7) is 7.28. The largest absolute Gasteiger partial charge is 0.381 e. The number of rotatable bonds is 9. The smallest absolute Gasteiger partial charge is 0.242 e.